The van der Waals surface area contributed by atoms with Gasteiger partial charge in [0.15, 0.2) is 11.5 Å². The maximum atomic E-state index is 13.6. The summed E-state index contributed by atoms with van der Waals surface area (Å²) in [6, 6.07) is 16.6. The largest absolute Gasteiger partial charge is 0.573 e. The van der Waals surface area contributed by atoms with Gasteiger partial charge in [-0.2, -0.15) is 0 Å². The van der Waals surface area contributed by atoms with Crippen molar-refractivity contribution in [1.82, 2.24) is 20.5 Å². The minimum absolute atomic E-state index is 0.0163. The maximum Gasteiger partial charge on any atom is 0.573 e. The molecule has 5 heterocycles. The number of rotatable bonds is 8. The fourth-order valence-corrected chi connectivity index (χ4v) is 5.80. The first kappa shape index (κ1) is 32.1. The third-order valence-electron chi connectivity index (χ3n) is 8.12. The number of carbonyl (C=O) groups is 5. The van der Waals surface area contributed by atoms with E-state index in [1.807, 2.05) is 0 Å². The lowest BCUT2D eigenvalue weighted by molar-refractivity contribution is -0.274. The number of hydrogen-bond acceptors (Lipinski definition) is 9. The molecule has 5 amide bonds. The quantitative estimate of drug-likeness (QED) is 0.201. The fraction of sp³-hybridized carbons (Fsp3) is 0.143. The number of imide groups is 2. The molecule has 2 aliphatic heterocycles. The molecule has 1 saturated heterocycles. The number of pyridine rings is 1. The van der Waals surface area contributed by atoms with Gasteiger partial charge < -0.3 is 18.9 Å². The second-order valence-corrected chi connectivity index (χ2v) is 11.3. The Hall–Kier alpha value is -6.51. The van der Waals surface area contributed by atoms with Gasteiger partial charge in [-0.05, 0) is 83.8 Å². The predicted molar refractivity (Wildman–Crippen MR) is 166 cm³/mol. The molecule has 7 rings (SSSR count). The number of halogens is 3. The molecule has 0 aliphatic carbocycles. The summed E-state index contributed by atoms with van der Waals surface area (Å²) in [7, 11) is 0. The number of benzene rings is 2. The van der Waals surface area contributed by atoms with Gasteiger partial charge in [0.25, 0.3) is 17.7 Å². The molecular formula is C35H23F3N4O8. The van der Waals surface area contributed by atoms with Crippen LogP contribution in [0.2, 0.25) is 0 Å². The lowest BCUT2D eigenvalue weighted by Gasteiger charge is -2.27. The van der Waals surface area contributed by atoms with E-state index in [2.05, 4.69) is 20.4 Å². The molecule has 0 radical (unpaired) electrons. The van der Waals surface area contributed by atoms with Crippen LogP contribution in [0, 0.1) is 0 Å². The Morgan fingerprint density at radius 1 is 0.880 bits per heavy atom. The van der Waals surface area contributed by atoms with Crippen LogP contribution in [0.1, 0.15) is 49.5 Å². The van der Waals surface area contributed by atoms with Gasteiger partial charge in [-0.25, -0.2) is 4.98 Å². The molecule has 50 heavy (non-hydrogen) atoms. The monoisotopic (exact) mass is 684 g/mol. The number of fused-ring (bicyclic) bond motifs is 1. The van der Waals surface area contributed by atoms with Crippen LogP contribution in [0.15, 0.2) is 94.2 Å². The normalized spacial score (nSPS) is 16.0. The van der Waals surface area contributed by atoms with Gasteiger partial charge in [0.1, 0.15) is 23.2 Å². The van der Waals surface area contributed by atoms with E-state index in [0.29, 0.717) is 34.0 Å². The van der Waals surface area contributed by atoms with E-state index >= 15 is 0 Å². The van der Waals surface area contributed by atoms with Crippen LogP contribution < -0.4 is 15.4 Å². The zero-order chi connectivity index (χ0) is 35.2. The van der Waals surface area contributed by atoms with Crippen LogP contribution in [-0.2, 0) is 16.1 Å². The average molecular weight is 685 g/mol. The number of aromatic nitrogens is 1. The summed E-state index contributed by atoms with van der Waals surface area (Å²) in [6.45, 7) is -0.234. The Morgan fingerprint density at radius 3 is 2.18 bits per heavy atom. The van der Waals surface area contributed by atoms with Gasteiger partial charge in [0, 0.05) is 13.0 Å². The van der Waals surface area contributed by atoms with Crippen LogP contribution >= 0.6 is 0 Å². The maximum absolute atomic E-state index is 13.6. The van der Waals surface area contributed by atoms with Crippen LogP contribution in [-0.4, -0.2) is 51.8 Å². The molecule has 2 aromatic carbocycles. The number of ether oxygens (including phenoxy) is 1. The van der Waals surface area contributed by atoms with E-state index in [0.717, 1.165) is 11.0 Å². The van der Waals surface area contributed by atoms with Gasteiger partial charge in [-0.3, -0.25) is 34.2 Å². The number of carbonyl (C=O) groups excluding carboxylic acids is 5. The lowest BCUT2D eigenvalue weighted by atomic mass is 10.0. The summed E-state index contributed by atoms with van der Waals surface area (Å²) in [5.74, 6) is -3.57. The summed E-state index contributed by atoms with van der Waals surface area (Å²) in [5, 5.41) is 4.65. The van der Waals surface area contributed by atoms with Crippen molar-refractivity contribution < 1.29 is 50.7 Å². The van der Waals surface area contributed by atoms with Crippen molar-refractivity contribution in [2.24, 2.45) is 0 Å². The molecule has 1 unspecified atom stereocenters. The Labute approximate surface area is 279 Å². The van der Waals surface area contributed by atoms with E-state index < -0.39 is 53.3 Å². The first-order valence-corrected chi connectivity index (χ1v) is 15.1. The second kappa shape index (κ2) is 12.5. The van der Waals surface area contributed by atoms with Crippen molar-refractivity contribution >= 4 is 29.5 Å². The number of alkyl halides is 3. The number of nitrogens with one attached hydrogen (secondary N) is 2. The standard InChI is InChI=1S/C35H23F3N4O8/c36-35(37,38)50-29-16-19(20-14-24(27-3-1-11-48-27)40-25(15-20)28-4-2-12-49-28)6-8-22(29)31(44)39-17-18-5-7-21-23(13-18)34(47)42(33(21)46)26-9-10-30(43)41-32(26)45/h1-8,11-16,26H,9-10,17H2,(H,39,44)(H,41,43,45). The molecule has 2 aliphatic rings. The Kier molecular flexibility index (Phi) is 8.02. The summed E-state index contributed by atoms with van der Waals surface area (Å²) < 4.78 is 56.0. The van der Waals surface area contributed by atoms with Crippen molar-refractivity contribution in [1.29, 1.82) is 0 Å². The summed E-state index contributed by atoms with van der Waals surface area (Å²) in [6.07, 6.45) is -2.28. The first-order chi connectivity index (χ1) is 23.9. The van der Waals surface area contributed by atoms with Gasteiger partial charge in [0.05, 0.1) is 29.2 Å². The molecule has 2 N–H and O–H groups in total. The average Bonchev–Trinajstić information content (AvgIpc) is 3.86. The van der Waals surface area contributed by atoms with Gasteiger partial charge in [-0.1, -0.05) is 12.1 Å². The molecular weight excluding hydrogens is 661 g/mol. The van der Waals surface area contributed by atoms with Gasteiger partial charge in [0.2, 0.25) is 11.8 Å². The van der Waals surface area contributed by atoms with E-state index in [1.54, 1.807) is 36.4 Å². The highest BCUT2D eigenvalue weighted by Gasteiger charge is 2.44. The van der Waals surface area contributed by atoms with Gasteiger partial charge >= 0.3 is 6.36 Å². The van der Waals surface area contributed by atoms with Crippen LogP contribution in [0.5, 0.6) is 5.75 Å². The van der Waals surface area contributed by atoms with Crippen LogP contribution in [0.25, 0.3) is 34.0 Å². The number of amides is 5. The Bertz CT molecular complexity index is 2130. The Balaban J connectivity index is 1.14. The van der Waals surface area contributed by atoms with Crippen LogP contribution in [0.4, 0.5) is 13.2 Å². The fourth-order valence-electron chi connectivity index (χ4n) is 5.80. The van der Waals surface area contributed by atoms with Crippen molar-refractivity contribution in [3.8, 4) is 39.8 Å². The summed E-state index contributed by atoms with van der Waals surface area (Å²) in [5.41, 5.74) is 1.42. The molecule has 15 heteroatoms. The third-order valence-corrected chi connectivity index (χ3v) is 8.12. The van der Waals surface area contributed by atoms with Crippen LogP contribution in [0.3, 0.4) is 0 Å². The predicted octanol–water partition coefficient (Wildman–Crippen LogP) is 5.50. The SMILES string of the molecule is O=C1CCC(N2C(=O)c3ccc(CNC(=O)c4ccc(-c5cc(-c6ccco6)nc(-c6ccco6)c5)cc4OC(F)(F)F)cc3C2=O)C(=O)N1. The van der Waals surface area contributed by atoms with E-state index in [9.17, 15) is 37.1 Å². The molecule has 3 aromatic heterocycles. The molecule has 5 aromatic rings. The third kappa shape index (κ3) is 6.23. The van der Waals surface area contributed by atoms with Gasteiger partial charge in [-0.15, -0.1) is 13.2 Å². The number of furan rings is 2. The lowest BCUT2D eigenvalue weighted by Crippen LogP contribution is -2.54. The Morgan fingerprint density at radius 2 is 1.56 bits per heavy atom. The highest BCUT2D eigenvalue weighted by atomic mass is 19.4. The highest BCUT2D eigenvalue weighted by molar-refractivity contribution is 6.23. The van der Waals surface area contributed by atoms with E-state index in [4.69, 9.17) is 8.83 Å². The van der Waals surface area contributed by atoms with Crippen molar-refractivity contribution in [2.45, 2.75) is 31.8 Å². The number of nitrogens with zero attached hydrogens (tertiary/aromatic N) is 2. The molecule has 0 bridgehead atoms. The van der Waals surface area contributed by atoms with Crippen molar-refractivity contribution in [3.05, 3.63) is 108 Å². The smallest absolute Gasteiger partial charge is 0.463 e. The zero-order valence-electron chi connectivity index (χ0n) is 25.6. The molecule has 1 atom stereocenters. The van der Waals surface area contributed by atoms with Crippen molar-refractivity contribution in [2.75, 3.05) is 0 Å². The first-order valence-electron chi connectivity index (χ1n) is 15.1. The number of hydrogen-bond donors (Lipinski definition) is 2. The molecule has 1 fully saturated rings. The molecule has 0 saturated carbocycles. The van der Waals surface area contributed by atoms with E-state index in [-0.39, 0.29) is 36.1 Å². The molecule has 0 spiro atoms. The van der Waals surface area contributed by atoms with E-state index in [1.165, 1.54) is 42.9 Å². The second-order valence-electron chi connectivity index (χ2n) is 11.3. The minimum atomic E-state index is -5.13. The molecule has 252 valence electrons. The summed E-state index contributed by atoms with van der Waals surface area (Å²) >= 11 is 0. The highest BCUT2D eigenvalue weighted by Crippen LogP contribution is 2.35. The number of piperidine rings is 1. The zero-order valence-corrected chi connectivity index (χ0v) is 25.6. The van der Waals surface area contributed by atoms with Crippen molar-refractivity contribution in [3.63, 3.8) is 0 Å². The molecule has 12 nitrogen and oxygen atoms in total. The minimum Gasteiger partial charge on any atom is -0.463 e. The summed E-state index contributed by atoms with van der Waals surface area (Å²) in [4.78, 5) is 68.6. The topological polar surface area (TPSA) is 161 Å².